The topological polar surface area (TPSA) is 12.0 Å². The average molecular weight is 279 g/mol. The third kappa shape index (κ3) is 3.05. The van der Waals surface area contributed by atoms with Gasteiger partial charge in [0.2, 0.25) is 0 Å². The molecule has 1 N–H and O–H groups in total. The van der Waals surface area contributed by atoms with Crippen molar-refractivity contribution in [2.75, 3.05) is 6.54 Å². The van der Waals surface area contributed by atoms with Crippen molar-refractivity contribution in [2.45, 2.75) is 72.3 Å². The molecule has 1 aliphatic rings. The second-order valence-corrected chi connectivity index (χ2v) is 7.50. The molecule has 1 aromatic rings. The smallest absolute Gasteiger partial charge is 0.0474 e. The molecule has 1 aromatic heterocycles. The van der Waals surface area contributed by atoms with Crippen LogP contribution in [0.2, 0.25) is 0 Å². The molecule has 1 fully saturated rings. The van der Waals surface area contributed by atoms with Crippen LogP contribution >= 0.6 is 11.3 Å². The van der Waals surface area contributed by atoms with Gasteiger partial charge in [-0.3, -0.25) is 0 Å². The Hall–Kier alpha value is -0.340. The normalized spacial score (nSPS) is 19.8. The van der Waals surface area contributed by atoms with Crippen molar-refractivity contribution in [3.63, 3.8) is 0 Å². The molecule has 0 spiro atoms. The molecule has 0 amide bonds. The van der Waals surface area contributed by atoms with Crippen LogP contribution in [0.4, 0.5) is 0 Å². The minimum Gasteiger partial charge on any atom is -0.309 e. The summed E-state index contributed by atoms with van der Waals surface area (Å²) in [5.41, 5.74) is 2.01. The zero-order valence-electron chi connectivity index (χ0n) is 13.0. The molecule has 1 unspecified atom stereocenters. The van der Waals surface area contributed by atoms with Crippen molar-refractivity contribution in [1.29, 1.82) is 0 Å². The summed E-state index contributed by atoms with van der Waals surface area (Å²) in [6.45, 7) is 10.3. The van der Waals surface area contributed by atoms with E-state index in [9.17, 15) is 0 Å². The van der Waals surface area contributed by atoms with E-state index in [-0.39, 0.29) is 0 Å². The fraction of sp³-hybridized carbons (Fsp3) is 0.765. The number of thiophene rings is 1. The molecule has 1 heterocycles. The highest BCUT2D eigenvalue weighted by atomic mass is 32.1. The van der Waals surface area contributed by atoms with Gasteiger partial charge in [0.25, 0.3) is 0 Å². The van der Waals surface area contributed by atoms with Crippen molar-refractivity contribution in [2.24, 2.45) is 5.41 Å². The summed E-state index contributed by atoms with van der Waals surface area (Å²) in [6, 6.07) is 2.94. The molecule has 1 saturated carbocycles. The van der Waals surface area contributed by atoms with Crippen LogP contribution in [0, 0.1) is 19.3 Å². The first-order valence-electron chi connectivity index (χ1n) is 7.93. The summed E-state index contributed by atoms with van der Waals surface area (Å²) >= 11 is 2.01. The lowest BCUT2D eigenvalue weighted by Gasteiger charge is -2.37. The lowest BCUT2D eigenvalue weighted by molar-refractivity contribution is 0.189. The zero-order valence-corrected chi connectivity index (χ0v) is 13.8. The summed E-state index contributed by atoms with van der Waals surface area (Å²) in [6.07, 6.45) is 8.18. The van der Waals surface area contributed by atoms with Gasteiger partial charge in [-0.2, -0.15) is 0 Å². The maximum absolute atomic E-state index is 3.88. The number of nitrogens with one attached hydrogen (secondary N) is 1. The van der Waals surface area contributed by atoms with Crippen LogP contribution in [0.1, 0.15) is 73.7 Å². The quantitative estimate of drug-likeness (QED) is 0.737. The molecule has 0 radical (unpaired) electrons. The van der Waals surface area contributed by atoms with Crippen LogP contribution in [0.3, 0.4) is 0 Å². The van der Waals surface area contributed by atoms with Gasteiger partial charge in [0.1, 0.15) is 0 Å². The Morgan fingerprint density at radius 1 is 1.26 bits per heavy atom. The Balaban J connectivity index is 2.32. The van der Waals surface area contributed by atoms with Crippen LogP contribution in [-0.4, -0.2) is 6.54 Å². The van der Waals surface area contributed by atoms with Crippen LogP contribution in [0.25, 0.3) is 0 Å². The van der Waals surface area contributed by atoms with Crippen LogP contribution in [0.15, 0.2) is 6.07 Å². The van der Waals surface area contributed by atoms with Crippen molar-refractivity contribution >= 4 is 11.3 Å². The molecule has 1 atom stereocenters. The number of aryl methyl sites for hydroxylation is 2. The number of hydrogen-bond acceptors (Lipinski definition) is 2. The van der Waals surface area contributed by atoms with Crippen LogP contribution < -0.4 is 5.32 Å². The molecular weight excluding hydrogens is 250 g/mol. The lowest BCUT2D eigenvalue weighted by atomic mass is 9.75. The molecule has 1 aliphatic carbocycles. The summed E-state index contributed by atoms with van der Waals surface area (Å²) in [5.74, 6) is 0. The second kappa shape index (κ2) is 6.41. The van der Waals surface area contributed by atoms with E-state index in [1.807, 2.05) is 11.3 Å². The summed E-state index contributed by atoms with van der Waals surface area (Å²) in [7, 11) is 0. The third-order valence-electron chi connectivity index (χ3n) is 4.86. The maximum atomic E-state index is 3.88. The lowest BCUT2D eigenvalue weighted by Crippen LogP contribution is -2.36. The van der Waals surface area contributed by atoms with Crippen LogP contribution in [0.5, 0.6) is 0 Å². The summed E-state index contributed by atoms with van der Waals surface area (Å²) in [4.78, 5) is 3.06. The Labute approximate surface area is 122 Å². The summed E-state index contributed by atoms with van der Waals surface area (Å²) < 4.78 is 0. The molecular formula is C17H29NS. The van der Waals surface area contributed by atoms with Gasteiger partial charge in [-0.1, -0.05) is 26.7 Å². The van der Waals surface area contributed by atoms with Crippen molar-refractivity contribution in [3.8, 4) is 0 Å². The minimum absolute atomic E-state index is 0.511. The molecule has 0 aliphatic heterocycles. The molecule has 0 aromatic carbocycles. The Bertz CT molecular complexity index is 401. The number of hydrogen-bond donors (Lipinski definition) is 1. The fourth-order valence-electron chi connectivity index (χ4n) is 3.75. The molecule has 2 rings (SSSR count). The molecule has 19 heavy (non-hydrogen) atoms. The molecule has 108 valence electrons. The SMILES string of the molecule is CCCNC(c1sc(C)cc1C)C1(CC)CCCC1. The third-order valence-corrected chi connectivity index (χ3v) is 6.07. The van der Waals surface area contributed by atoms with E-state index < -0.39 is 0 Å². The highest BCUT2D eigenvalue weighted by molar-refractivity contribution is 7.12. The average Bonchev–Trinajstić information content (AvgIpc) is 2.98. The van der Waals surface area contributed by atoms with E-state index in [1.165, 1.54) is 49.0 Å². The van der Waals surface area contributed by atoms with Gasteiger partial charge in [-0.25, -0.2) is 0 Å². The molecule has 1 nitrogen and oxygen atoms in total. The fourth-order valence-corrected chi connectivity index (χ4v) is 5.00. The summed E-state index contributed by atoms with van der Waals surface area (Å²) in [5, 5.41) is 3.88. The Kier molecular flexibility index (Phi) is 5.08. The maximum Gasteiger partial charge on any atom is 0.0474 e. The monoisotopic (exact) mass is 279 g/mol. The largest absolute Gasteiger partial charge is 0.309 e. The van der Waals surface area contributed by atoms with Gasteiger partial charge in [-0.15, -0.1) is 11.3 Å². The van der Waals surface area contributed by atoms with Gasteiger partial charge < -0.3 is 5.32 Å². The Morgan fingerprint density at radius 3 is 2.42 bits per heavy atom. The van der Waals surface area contributed by atoms with Gasteiger partial charge in [-0.05, 0) is 63.1 Å². The first kappa shape index (κ1) is 15.1. The van der Waals surface area contributed by atoms with Gasteiger partial charge in [0, 0.05) is 15.8 Å². The Morgan fingerprint density at radius 2 is 1.95 bits per heavy atom. The van der Waals surface area contributed by atoms with Gasteiger partial charge >= 0.3 is 0 Å². The van der Waals surface area contributed by atoms with Crippen molar-refractivity contribution in [1.82, 2.24) is 5.32 Å². The predicted molar refractivity (Wildman–Crippen MR) is 86.0 cm³/mol. The zero-order chi connectivity index (χ0) is 13.9. The van der Waals surface area contributed by atoms with E-state index in [1.54, 1.807) is 4.88 Å². The van der Waals surface area contributed by atoms with Crippen molar-refractivity contribution < 1.29 is 0 Å². The number of rotatable bonds is 6. The van der Waals surface area contributed by atoms with Crippen LogP contribution in [-0.2, 0) is 0 Å². The van der Waals surface area contributed by atoms with E-state index in [0.717, 1.165) is 6.54 Å². The predicted octanol–water partition coefficient (Wildman–Crippen LogP) is 5.38. The van der Waals surface area contributed by atoms with E-state index in [0.29, 0.717) is 11.5 Å². The molecule has 0 saturated heterocycles. The van der Waals surface area contributed by atoms with E-state index in [4.69, 9.17) is 0 Å². The van der Waals surface area contributed by atoms with Gasteiger partial charge in [0.05, 0.1) is 0 Å². The van der Waals surface area contributed by atoms with Gasteiger partial charge in [0.15, 0.2) is 0 Å². The molecule has 2 heteroatoms. The minimum atomic E-state index is 0.511. The highest BCUT2D eigenvalue weighted by Gasteiger charge is 2.41. The first-order chi connectivity index (χ1) is 9.13. The van der Waals surface area contributed by atoms with E-state index >= 15 is 0 Å². The molecule has 0 bridgehead atoms. The first-order valence-corrected chi connectivity index (χ1v) is 8.75. The van der Waals surface area contributed by atoms with Crippen molar-refractivity contribution in [3.05, 3.63) is 21.4 Å². The second-order valence-electron chi connectivity index (χ2n) is 6.21. The van der Waals surface area contributed by atoms with E-state index in [2.05, 4.69) is 39.1 Å². The standard InChI is InChI=1S/C17H29NS/c1-5-11-18-16(15-13(3)12-14(4)19-15)17(6-2)9-7-8-10-17/h12,16,18H,5-11H2,1-4H3. The highest BCUT2D eigenvalue weighted by Crippen LogP contribution is 2.51.